The van der Waals surface area contributed by atoms with Crippen LogP contribution in [0.2, 0.25) is 5.02 Å². The molecule has 0 aliphatic carbocycles. The highest BCUT2D eigenvalue weighted by molar-refractivity contribution is 14.1. The van der Waals surface area contributed by atoms with E-state index in [1.165, 1.54) is 6.07 Å². The summed E-state index contributed by atoms with van der Waals surface area (Å²) in [6, 6.07) is 12.0. The Hall–Kier alpha value is -1.34. The van der Waals surface area contributed by atoms with E-state index in [2.05, 4.69) is 22.6 Å². The third-order valence-electron chi connectivity index (χ3n) is 2.47. The number of nitro benzene ring substituents is 1. The summed E-state index contributed by atoms with van der Waals surface area (Å²) in [6.07, 6.45) is 0. The van der Waals surface area contributed by atoms with Crippen LogP contribution in [-0.4, -0.2) is 4.92 Å². The summed E-state index contributed by atoms with van der Waals surface area (Å²) in [5, 5.41) is 11.3. The van der Waals surface area contributed by atoms with Gasteiger partial charge in [0.05, 0.1) is 15.5 Å². The summed E-state index contributed by atoms with van der Waals surface area (Å²) in [6.45, 7) is 0.0656. The van der Waals surface area contributed by atoms with E-state index in [1.54, 1.807) is 18.2 Å². The lowest BCUT2D eigenvalue weighted by Gasteiger charge is -2.08. The Kier molecular flexibility index (Phi) is 4.60. The Morgan fingerprint density at radius 3 is 2.68 bits per heavy atom. The Morgan fingerprint density at radius 2 is 2.00 bits per heavy atom. The van der Waals surface area contributed by atoms with Gasteiger partial charge in [-0.15, -0.1) is 0 Å². The van der Waals surface area contributed by atoms with Gasteiger partial charge in [-0.25, -0.2) is 0 Å². The average molecular weight is 390 g/mol. The second-order valence-corrected chi connectivity index (χ2v) is 5.39. The van der Waals surface area contributed by atoms with Crippen molar-refractivity contribution in [1.29, 1.82) is 0 Å². The average Bonchev–Trinajstić information content (AvgIpc) is 2.37. The molecule has 0 unspecified atom stereocenters. The van der Waals surface area contributed by atoms with E-state index in [0.717, 1.165) is 3.57 Å². The fraction of sp³-hybridized carbons (Fsp3) is 0.0769. The Balaban J connectivity index is 2.22. The maximum absolute atomic E-state index is 10.9. The zero-order valence-electron chi connectivity index (χ0n) is 9.68. The number of hydrogen-bond acceptors (Lipinski definition) is 3. The lowest BCUT2D eigenvalue weighted by atomic mass is 10.2. The van der Waals surface area contributed by atoms with Crippen LogP contribution in [0.5, 0.6) is 5.75 Å². The van der Waals surface area contributed by atoms with Crippen molar-refractivity contribution in [3.05, 3.63) is 66.7 Å². The van der Waals surface area contributed by atoms with Crippen molar-refractivity contribution in [2.75, 3.05) is 0 Å². The number of nitro groups is 1. The highest BCUT2D eigenvalue weighted by Gasteiger charge is 2.17. The van der Waals surface area contributed by atoms with Crippen molar-refractivity contribution in [3.63, 3.8) is 0 Å². The van der Waals surface area contributed by atoms with Gasteiger partial charge in [-0.3, -0.25) is 10.1 Å². The van der Waals surface area contributed by atoms with Gasteiger partial charge in [0.1, 0.15) is 12.4 Å². The van der Waals surface area contributed by atoms with E-state index in [9.17, 15) is 10.1 Å². The largest absolute Gasteiger partial charge is 0.489 e. The number of halogens is 2. The van der Waals surface area contributed by atoms with Gasteiger partial charge in [-0.2, -0.15) is 0 Å². The Labute approximate surface area is 128 Å². The lowest BCUT2D eigenvalue weighted by molar-refractivity contribution is -0.385. The van der Waals surface area contributed by atoms with Gasteiger partial charge in [0.15, 0.2) is 0 Å². The Bertz CT molecular complexity index is 619. The highest BCUT2D eigenvalue weighted by Crippen LogP contribution is 2.27. The molecule has 2 aromatic carbocycles. The first kappa shape index (κ1) is 14.1. The molecule has 0 bridgehead atoms. The summed E-state index contributed by atoms with van der Waals surface area (Å²) < 4.78 is 6.58. The summed E-state index contributed by atoms with van der Waals surface area (Å²) in [4.78, 5) is 10.5. The van der Waals surface area contributed by atoms with E-state index in [4.69, 9.17) is 16.3 Å². The monoisotopic (exact) mass is 389 g/mol. The molecule has 0 saturated heterocycles. The molecule has 0 aromatic heterocycles. The number of rotatable bonds is 4. The molecule has 0 aliphatic rings. The molecule has 0 N–H and O–H groups in total. The molecular formula is C13H9ClINO3. The van der Waals surface area contributed by atoms with Crippen molar-refractivity contribution in [2.45, 2.75) is 6.61 Å². The van der Waals surface area contributed by atoms with Crippen molar-refractivity contribution in [2.24, 2.45) is 0 Å². The van der Waals surface area contributed by atoms with Crippen LogP contribution in [0.3, 0.4) is 0 Å². The van der Waals surface area contributed by atoms with Crippen LogP contribution in [0.1, 0.15) is 5.56 Å². The predicted molar refractivity (Wildman–Crippen MR) is 81.6 cm³/mol. The normalized spacial score (nSPS) is 10.2. The summed E-state index contributed by atoms with van der Waals surface area (Å²) in [5.74, 6) is 0.654. The fourth-order valence-electron chi connectivity index (χ4n) is 1.57. The summed E-state index contributed by atoms with van der Waals surface area (Å²) in [5.41, 5.74) is 0.353. The van der Waals surface area contributed by atoms with Crippen LogP contribution in [0, 0.1) is 13.7 Å². The van der Waals surface area contributed by atoms with E-state index in [0.29, 0.717) is 16.3 Å². The molecule has 0 saturated carbocycles. The van der Waals surface area contributed by atoms with Gasteiger partial charge in [-0.05, 0) is 46.9 Å². The zero-order chi connectivity index (χ0) is 13.8. The van der Waals surface area contributed by atoms with E-state index >= 15 is 0 Å². The molecule has 0 heterocycles. The van der Waals surface area contributed by atoms with Crippen LogP contribution in [0.25, 0.3) is 0 Å². The quantitative estimate of drug-likeness (QED) is 0.441. The second-order valence-electron chi connectivity index (χ2n) is 3.74. The third-order valence-corrected chi connectivity index (χ3v) is 3.50. The minimum atomic E-state index is -0.459. The van der Waals surface area contributed by atoms with Crippen molar-refractivity contribution in [3.8, 4) is 5.75 Å². The van der Waals surface area contributed by atoms with Gasteiger partial charge in [0, 0.05) is 9.64 Å². The number of nitrogens with zero attached hydrogens (tertiary/aromatic N) is 1. The van der Waals surface area contributed by atoms with E-state index < -0.39 is 4.92 Å². The first-order chi connectivity index (χ1) is 9.08. The van der Waals surface area contributed by atoms with Crippen molar-refractivity contribution in [1.82, 2.24) is 0 Å². The highest BCUT2D eigenvalue weighted by atomic mass is 127. The van der Waals surface area contributed by atoms with Crippen LogP contribution in [0.4, 0.5) is 5.69 Å². The molecule has 0 spiro atoms. The summed E-state index contributed by atoms with van der Waals surface area (Å²) in [7, 11) is 0. The minimum absolute atomic E-state index is 0.0295. The molecule has 2 aromatic rings. The molecule has 0 fully saturated rings. The Morgan fingerprint density at radius 1 is 1.26 bits per heavy atom. The maximum atomic E-state index is 10.9. The molecule has 19 heavy (non-hydrogen) atoms. The first-order valence-corrected chi connectivity index (χ1v) is 6.84. The van der Waals surface area contributed by atoms with E-state index in [1.807, 2.05) is 18.2 Å². The number of ether oxygens (including phenoxy) is 1. The molecular weight excluding hydrogens is 381 g/mol. The molecule has 6 heteroatoms. The topological polar surface area (TPSA) is 52.4 Å². The van der Waals surface area contributed by atoms with E-state index in [-0.39, 0.29) is 12.3 Å². The lowest BCUT2D eigenvalue weighted by Crippen LogP contribution is -2.01. The molecule has 0 atom stereocenters. The standard InChI is InChI=1S/C13H9ClINO3/c14-12-5-2-6-13(16(17)18)11(12)8-19-10-4-1-3-9(15)7-10/h1-7H,8H2. The molecule has 4 nitrogen and oxygen atoms in total. The fourth-order valence-corrected chi connectivity index (χ4v) is 2.31. The van der Waals surface area contributed by atoms with Gasteiger partial charge >= 0.3 is 0 Å². The molecule has 98 valence electrons. The molecule has 0 amide bonds. The van der Waals surface area contributed by atoms with Crippen LogP contribution >= 0.6 is 34.2 Å². The van der Waals surface area contributed by atoms with Crippen LogP contribution in [0.15, 0.2) is 42.5 Å². The van der Waals surface area contributed by atoms with Gasteiger partial charge < -0.3 is 4.74 Å². The third kappa shape index (κ3) is 3.57. The van der Waals surface area contributed by atoms with Crippen molar-refractivity contribution < 1.29 is 9.66 Å². The second kappa shape index (κ2) is 6.21. The smallest absolute Gasteiger partial charge is 0.277 e. The van der Waals surface area contributed by atoms with Crippen LogP contribution < -0.4 is 4.74 Å². The minimum Gasteiger partial charge on any atom is -0.489 e. The van der Waals surface area contributed by atoms with Gasteiger partial charge in [-0.1, -0.05) is 23.7 Å². The van der Waals surface area contributed by atoms with Gasteiger partial charge in [0.2, 0.25) is 0 Å². The molecule has 0 radical (unpaired) electrons. The predicted octanol–water partition coefficient (Wildman–Crippen LogP) is 4.43. The van der Waals surface area contributed by atoms with Crippen LogP contribution in [-0.2, 0) is 6.61 Å². The van der Waals surface area contributed by atoms with Gasteiger partial charge in [0.25, 0.3) is 5.69 Å². The number of hydrogen-bond donors (Lipinski definition) is 0. The maximum Gasteiger partial charge on any atom is 0.277 e. The summed E-state index contributed by atoms with van der Waals surface area (Å²) >= 11 is 8.15. The first-order valence-electron chi connectivity index (χ1n) is 5.38. The number of benzene rings is 2. The molecule has 0 aliphatic heterocycles. The van der Waals surface area contributed by atoms with Crippen molar-refractivity contribution >= 4 is 39.9 Å². The zero-order valence-corrected chi connectivity index (χ0v) is 12.6. The SMILES string of the molecule is O=[N+]([O-])c1cccc(Cl)c1COc1cccc(I)c1. The molecule has 2 rings (SSSR count).